The Morgan fingerprint density at radius 3 is 2.20 bits per heavy atom. The number of benzene rings is 2. The molecule has 2 aromatic rings. The monoisotopic (exact) mass is 478 g/mol. The van der Waals surface area contributed by atoms with Crippen molar-refractivity contribution < 1.29 is 19.2 Å². The maximum Gasteiger partial charge on any atom is 0.273 e. The molecule has 0 fully saturated rings. The third kappa shape index (κ3) is 6.07. The third-order valence-electron chi connectivity index (χ3n) is 5.94. The van der Waals surface area contributed by atoms with E-state index < -0.39 is 23.9 Å². The molecule has 2 N–H and O–H groups in total. The highest BCUT2D eigenvalue weighted by atomic mass is 16.2. The molecule has 1 heterocycles. The van der Waals surface area contributed by atoms with Crippen molar-refractivity contribution >= 4 is 23.6 Å². The van der Waals surface area contributed by atoms with Crippen molar-refractivity contribution in [2.75, 3.05) is 7.05 Å². The number of carbonyl (C=O) groups excluding carboxylic acids is 4. The summed E-state index contributed by atoms with van der Waals surface area (Å²) in [6, 6.07) is 14.0. The maximum absolute atomic E-state index is 13.4. The molecule has 8 heteroatoms. The summed E-state index contributed by atoms with van der Waals surface area (Å²) in [6.45, 7) is 7.57. The number of amides is 4. The van der Waals surface area contributed by atoms with Crippen LogP contribution in [0.2, 0.25) is 0 Å². The number of carbonyl (C=O) groups is 4. The minimum Gasteiger partial charge on any atom is -0.344 e. The maximum atomic E-state index is 13.4. The number of nitrogens with one attached hydrogen (secondary N) is 2. The lowest BCUT2D eigenvalue weighted by Crippen LogP contribution is -2.54. The zero-order chi connectivity index (χ0) is 25.7. The second kappa shape index (κ2) is 11.2. The zero-order valence-corrected chi connectivity index (χ0v) is 20.9. The van der Waals surface area contributed by atoms with Gasteiger partial charge in [0, 0.05) is 18.7 Å². The molecule has 1 aliphatic rings. The molecular weight excluding hydrogens is 444 g/mol. The van der Waals surface area contributed by atoms with E-state index in [2.05, 4.69) is 10.6 Å². The molecule has 0 bridgehead atoms. The number of hydrogen-bond acceptors (Lipinski definition) is 4. The van der Waals surface area contributed by atoms with Gasteiger partial charge in [0.05, 0.1) is 6.42 Å². The van der Waals surface area contributed by atoms with Gasteiger partial charge in [-0.15, -0.1) is 0 Å². The molecule has 35 heavy (non-hydrogen) atoms. The number of rotatable bonds is 8. The van der Waals surface area contributed by atoms with Crippen molar-refractivity contribution in [2.45, 2.75) is 58.7 Å². The third-order valence-corrected chi connectivity index (χ3v) is 5.94. The van der Waals surface area contributed by atoms with E-state index in [1.54, 1.807) is 24.3 Å². The highest BCUT2D eigenvalue weighted by Gasteiger charge is 2.40. The van der Waals surface area contributed by atoms with Gasteiger partial charge < -0.3 is 10.6 Å². The molecule has 186 valence electrons. The molecule has 2 aromatic carbocycles. The summed E-state index contributed by atoms with van der Waals surface area (Å²) in [4.78, 5) is 52.8. The van der Waals surface area contributed by atoms with Crippen molar-refractivity contribution in [2.24, 2.45) is 5.92 Å². The van der Waals surface area contributed by atoms with Crippen LogP contribution in [0.5, 0.6) is 0 Å². The van der Waals surface area contributed by atoms with Gasteiger partial charge >= 0.3 is 0 Å². The lowest BCUT2D eigenvalue weighted by atomic mass is 9.98. The van der Waals surface area contributed by atoms with Crippen LogP contribution in [0.3, 0.4) is 0 Å². The van der Waals surface area contributed by atoms with Gasteiger partial charge in [-0.25, -0.2) is 5.01 Å². The molecule has 0 aromatic heterocycles. The first kappa shape index (κ1) is 25.9. The zero-order valence-electron chi connectivity index (χ0n) is 20.9. The first-order chi connectivity index (χ1) is 16.6. The van der Waals surface area contributed by atoms with Gasteiger partial charge in [-0.05, 0) is 43.4 Å². The van der Waals surface area contributed by atoms with Gasteiger partial charge in [-0.2, -0.15) is 0 Å². The van der Waals surface area contributed by atoms with E-state index in [1.165, 1.54) is 17.1 Å². The topological polar surface area (TPSA) is 98.8 Å². The van der Waals surface area contributed by atoms with Gasteiger partial charge in [-0.1, -0.05) is 62.4 Å². The Balaban J connectivity index is 1.86. The van der Waals surface area contributed by atoms with E-state index in [9.17, 15) is 19.2 Å². The van der Waals surface area contributed by atoms with Crippen LogP contribution in [-0.4, -0.2) is 52.8 Å². The van der Waals surface area contributed by atoms with E-state index in [4.69, 9.17) is 0 Å². The number of likely N-dealkylation sites (N-methyl/N-ethyl adjacent to an activating group) is 1. The Kier molecular flexibility index (Phi) is 8.27. The summed E-state index contributed by atoms with van der Waals surface area (Å²) in [5.41, 5.74) is 1.64. The minimum absolute atomic E-state index is 0.126. The quantitative estimate of drug-likeness (QED) is 0.610. The first-order valence-corrected chi connectivity index (χ1v) is 11.9. The van der Waals surface area contributed by atoms with Crippen molar-refractivity contribution in [3.63, 3.8) is 0 Å². The summed E-state index contributed by atoms with van der Waals surface area (Å²) >= 11 is 0. The Labute approximate surface area is 206 Å². The van der Waals surface area contributed by atoms with Crippen LogP contribution < -0.4 is 10.6 Å². The first-order valence-electron chi connectivity index (χ1n) is 11.9. The summed E-state index contributed by atoms with van der Waals surface area (Å²) in [5, 5.41) is 8.32. The number of nitrogens with zero attached hydrogens (tertiary/aromatic N) is 2. The van der Waals surface area contributed by atoms with Crippen molar-refractivity contribution in [1.82, 2.24) is 20.7 Å². The van der Waals surface area contributed by atoms with E-state index in [0.717, 1.165) is 5.56 Å². The van der Waals surface area contributed by atoms with Crippen LogP contribution in [0, 0.1) is 5.92 Å². The largest absolute Gasteiger partial charge is 0.344 e. The minimum atomic E-state index is -1.06. The number of hydrazine groups is 1. The van der Waals surface area contributed by atoms with E-state index in [0.29, 0.717) is 17.5 Å². The Morgan fingerprint density at radius 1 is 0.943 bits per heavy atom. The van der Waals surface area contributed by atoms with Gasteiger partial charge in [-0.3, -0.25) is 24.2 Å². The molecule has 0 radical (unpaired) electrons. The van der Waals surface area contributed by atoms with Crippen molar-refractivity contribution in [1.29, 1.82) is 0 Å². The second-order valence-corrected chi connectivity index (χ2v) is 9.55. The van der Waals surface area contributed by atoms with Gasteiger partial charge in [0.2, 0.25) is 11.8 Å². The molecular formula is C27H34N4O4. The SMILES string of the molecule is CC(C)C[C@H](NC(=O)Cc1ccccc1)C(=O)NC1C(=O)N(C)N(C(C)C)C(=O)c2ccccc21. The Hall–Kier alpha value is -3.68. The second-order valence-electron chi connectivity index (χ2n) is 9.55. The van der Waals surface area contributed by atoms with Crippen LogP contribution in [0.25, 0.3) is 0 Å². The van der Waals surface area contributed by atoms with Crippen LogP contribution in [0.1, 0.15) is 61.6 Å². The van der Waals surface area contributed by atoms with Gasteiger partial charge in [0.25, 0.3) is 11.8 Å². The number of fused-ring (bicyclic) bond motifs is 1. The molecule has 2 atom stereocenters. The summed E-state index contributed by atoms with van der Waals surface area (Å²) in [7, 11) is 1.53. The molecule has 4 amide bonds. The van der Waals surface area contributed by atoms with Crippen LogP contribution >= 0.6 is 0 Å². The fourth-order valence-corrected chi connectivity index (χ4v) is 4.32. The van der Waals surface area contributed by atoms with E-state index in [1.807, 2.05) is 58.0 Å². The van der Waals surface area contributed by atoms with E-state index >= 15 is 0 Å². The fraction of sp³-hybridized carbons (Fsp3) is 0.407. The highest BCUT2D eigenvalue weighted by Crippen LogP contribution is 2.28. The normalized spacial score (nSPS) is 16.7. The lowest BCUT2D eigenvalue weighted by molar-refractivity contribution is -0.147. The van der Waals surface area contributed by atoms with Crippen LogP contribution in [0.4, 0.5) is 0 Å². The Bertz CT molecular complexity index is 1080. The summed E-state index contributed by atoms with van der Waals surface area (Å²) in [6.07, 6.45) is 0.552. The molecule has 1 unspecified atom stereocenters. The fourth-order valence-electron chi connectivity index (χ4n) is 4.32. The number of hydrogen-bond donors (Lipinski definition) is 2. The summed E-state index contributed by atoms with van der Waals surface area (Å²) < 4.78 is 0. The van der Waals surface area contributed by atoms with Crippen LogP contribution in [0.15, 0.2) is 54.6 Å². The predicted molar refractivity (Wildman–Crippen MR) is 133 cm³/mol. The smallest absolute Gasteiger partial charge is 0.273 e. The highest BCUT2D eigenvalue weighted by molar-refractivity contribution is 6.02. The molecule has 0 spiro atoms. The van der Waals surface area contributed by atoms with Gasteiger partial charge in [0.15, 0.2) is 0 Å². The van der Waals surface area contributed by atoms with Crippen molar-refractivity contribution in [3.8, 4) is 0 Å². The van der Waals surface area contributed by atoms with E-state index in [-0.39, 0.29) is 30.2 Å². The van der Waals surface area contributed by atoms with Gasteiger partial charge in [0.1, 0.15) is 12.1 Å². The average Bonchev–Trinajstić information content (AvgIpc) is 2.88. The standard InChI is InChI=1S/C27H34N4O4/c1-17(2)15-22(28-23(32)16-19-11-7-6-8-12-19)25(33)29-24-20-13-9-10-14-21(20)26(34)31(18(3)4)30(5)27(24)35/h6-14,17-18,22,24H,15-16H2,1-5H3,(H,28,32)(H,29,33)/t22-,24?/m0/s1. The Morgan fingerprint density at radius 2 is 1.57 bits per heavy atom. The molecule has 1 aliphatic heterocycles. The molecule has 0 saturated carbocycles. The lowest BCUT2D eigenvalue weighted by Gasteiger charge is -2.34. The van der Waals surface area contributed by atoms with Crippen molar-refractivity contribution in [3.05, 3.63) is 71.3 Å². The molecule has 8 nitrogen and oxygen atoms in total. The molecule has 0 aliphatic carbocycles. The molecule has 3 rings (SSSR count). The summed E-state index contributed by atoms with van der Waals surface area (Å²) in [5.74, 6) is -1.35. The predicted octanol–water partition coefficient (Wildman–Crippen LogP) is 2.86. The van der Waals surface area contributed by atoms with Crippen LogP contribution in [-0.2, 0) is 20.8 Å². The molecule has 0 saturated heterocycles. The average molecular weight is 479 g/mol.